The second-order valence-corrected chi connectivity index (χ2v) is 7.15. The van der Waals surface area contributed by atoms with Gasteiger partial charge in [-0.1, -0.05) is 12.1 Å². The molecule has 0 aliphatic carbocycles. The molecule has 0 radical (unpaired) electrons. The number of carbonyl (C=O) groups is 2. The number of morpholine rings is 1. The summed E-state index contributed by atoms with van der Waals surface area (Å²) in [6.07, 6.45) is 2.13. The number of amides is 2. The molecule has 0 bridgehead atoms. The molecular weight excluding hydrogens is 354 g/mol. The Balaban J connectivity index is 1.46. The zero-order valence-corrected chi connectivity index (χ0v) is 15.9. The molecule has 1 N–H and O–H groups in total. The van der Waals surface area contributed by atoms with Crippen LogP contribution in [0.1, 0.15) is 33.6 Å². The van der Waals surface area contributed by atoms with E-state index in [2.05, 4.69) is 10.2 Å². The van der Waals surface area contributed by atoms with Crippen LogP contribution in [0.15, 0.2) is 48.5 Å². The Morgan fingerprint density at radius 3 is 2.18 bits per heavy atom. The maximum Gasteiger partial charge on any atom is 0.255 e. The molecule has 2 heterocycles. The van der Waals surface area contributed by atoms with Crippen LogP contribution in [0.3, 0.4) is 0 Å². The van der Waals surface area contributed by atoms with E-state index in [1.807, 2.05) is 29.2 Å². The third-order valence-electron chi connectivity index (χ3n) is 5.29. The van der Waals surface area contributed by atoms with Gasteiger partial charge in [-0.15, -0.1) is 0 Å². The van der Waals surface area contributed by atoms with Gasteiger partial charge < -0.3 is 19.9 Å². The highest BCUT2D eigenvalue weighted by atomic mass is 16.5. The van der Waals surface area contributed by atoms with Crippen LogP contribution in [0.25, 0.3) is 0 Å². The molecule has 146 valence electrons. The first-order valence-corrected chi connectivity index (χ1v) is 9.85. The Bertz CT molecular complexity index is 838. The van der Waals surface area contributed by atoms with Crippen LogP contribution in [0.2, 0.25) is 0 Å². The summed E-state index contributed by atoms with van der Waals surface area (Å²) >= 11 is 0. The minimum absolute atomic E-state index is 0.0436. The smallest absolute Gasteiger partial charge is 0.255 e. The number of nitrogens with zero attached hydrogens (tertiary/aromatic N) is 2. The van der Waals surface area contributed by atoms with Crippen molar-refractivity contribution in [2.24, 2.45) is 0 Å². The summed E-state index contributed by atoms with van der Waals surface area (Å²) in [6.45, 7) is 4.63. The monoisotopic (exact) mass is 379 g/mol. The van der Waals surface area contributed by atoms with E-state index >= 15 is 0 Å². The van der Waals surface area contributed by atoms with Gasteiger partial charge in [-0.2, -0.15) is 0 Å². The van der Waals surface area contributed by atoms with Crippen LogP contribution in [0, 0.1) is 0 Å². The normalized spacial score (nSPS) is 16.9. The largest absolute Gasteiger partial charge is 0.378 e. The Morgan fingerprint density at radius 1 is 0.821 bits per heavy atom. The summed E-state index contributed by atoms with van der Waals surface area (Å²) in [4.78, 5) is 29.3. The minimum atomic E-state index is -0.180. The molecular formula is C22H25N3O3. The molecule has 2 aliphatic rings. The van der Waals surface area contributed by atoms with Crippen molar-refractivity contribution < 1.29 is 14.3 Å². The molecule has 2 aliphatic heterocycles. The van der Waals surface area contributed by atoms with Crippen molar-refractivity contribution in [3.8, 4) is 0 Å². The van der Waals surface area contributed by atoms with Crippen molar-refractivity contribution in [2.75, 3.05) is 49.6 Å². The number of nitrogens with one attached hydrogen (secondary N) is 1. The number of para-hydroxylation sites is 2. The molecule has 0 saturated carbocycles. The van der Waals surface area contributed by atoms with Gasteiger partial charge in [-0.05, 0) is 49.2 Å². The fourth-order valence-corrected chi connectivity index (χ4v) is 3.72. The fraction of sp³-hybridized carbons (Fsp3) is 0.364. The summed E-state index contributed by atoms with van der Waals surface area (Å²) < 4.78 is 5.42. The number of anilines is 2. The van der Waals surface area contributed by atoms with Gasteiger partial charge in [-0.3, -0.25) is 9.59 Å². The molecule has 28 heavy (non-hydrogen) atoms. The molecule has 0 aromatic heterocycles. The second kappa shape index (κ2) is 8.44. The summed E-state index contributed by atoms with van der Waals surface area (Å²) in [5.74, 6) is -0.136. The molecule has 0 atom stereocenters. The first kappa shape index (κ1) is 18.5. The van der Waals surface area contributed by atoms with E-state index in [0.29, 0.717) is 24.3 Å². The summed E-state index contributed by atoms with van der Waals surface area (Å²) in [5.41, 5.74) is 2.95. The average Bonchev–Trinajstić information content (AvgIpc) is 3.29. The molecule has 6 heteroatoms. The van der Waals surface area contributed by atoms with Crippen LogP contribution in [-0.2, 0) is 4.74 Å². The van der Waals surface area contributed by atoms with Crippen LogP contribution in [-0.4, -0.2) is 56.1 Å². The molecule has 2 fully saturated rings. The molecule has 0 spiro atoms. The number of rotatable bonds is 4. The van der Waals surface area contributed by atoms with Crippen LogP contribution >= 0.6 is 0 Å². The number of hydrogen-bond donors (Lipinski definition) is 1. The lowest BCUT2D eigenvalue weighted by Gasteiger charge is -2.30. The Hall–Kier alpha value is -2.86. The highest BCUT2D eigenvalue weighted by molar-refractivity contribution is 6.06. The molecule has 0 unspecified atom stereocenters. The highest BCUT2D eigenvalue weighted by Gasteiger charge is 2.20. The average molecular weight is 379 g/mol. The van der Waals surface area contributed by atoms with Gasteiger partial charge in [-0.25, -0.2) is 0 Å². The van der Waals surface area contributed by atoms with E-state index in [-0.39, 0.29) is 11.8 Å². The van der Waals surface area contributed by atoms with Crippen LogP contribution in [0.5, 0.6) is 0 Å². The molecule has 6 nitrogen and oxygen atoms in total. The van der Waals surface area contributed by atoms with Gasteiger partial charge in [0.05, 0.1) is 24.6 Å². The van der Waals surface area contributed by atoms with Crippen LogP contribution < -0.4 is 10.2 Å². The van der Waals surface area contributed by atoms with Gasteiger partial charge in [0.2, 0.25) is 0 Å². The van der Waals surface area contributed by atoms with Gasteiger partial charge >= 0.3 is 0 Å². The topological polar surface area (TPSA) is 61.9 Å². The van der Waals surface area contributed by atoms with Gasteiger partial charge in [0.25, 0.3) is 11.8 Å². The van der Waals surface area contributed by atoms with E-state index < -0.39 is 0 Å². The second-order valence-electron chi connectivity index (χ2n) is 7.15. The minimum Gasteiger partial charge on any atom is -0.378 e. The highest BCUT2D eigenvalue weighted by Crippen LogP contribution is 2.27. The van der Waals surface area contributed by atoms with Crippen molar-refractivity contribution in [3.05, 3.63) is 59.7 Å². The number of ether oxygens (including phenoxy) is 1. The first-order chi connectivity index (χ1) is 13.7. The van der Waals surface area contributed by atoms with Crippen molar-refractivity contribution in [3.63, 3.8) is 0 Å². The Labute approximate surface area is 165 Å². The Morgan fingerprint density at radius 2 is 1.46 bits per heavy atom. The van der Waals surface area contributed by atoms with Gasteiger partial charge in [0, 0.05) is 37.3 Å². The molecule has 4 rings (SSSR count). The van der Waals surface area contributed by atoms with E-state index in [1.54, 1.807) is 24.3 Å². The molecule has 2 saturated heterocycles. The summed E-state index contributed by atoms with van der Waals surface area (Å²) in [7, 11) is 0. The third kappa shape index (κ3) is 4.02. The van der Waals surface area contributed by atoms with Crippen molar-refractivity contribution >= 4 is 23.2 Å². The number of benzene rings is 2. The Kier molecular flexibility index (Phi) is 5.58. The lowest BCUT2D eigenvalue weighted by atomic mass is 10.1. The standard InChI is InChI=1S/C22H25N3O3/c26-21(17-7-9-18(10-8-17)22(27)25-11-3-4-12-25)23-19-5-1-2-6-20(19)24-13-15-28-16-14-24/h1-2,5-10H,3-4,11-16H2,(H,23,26). The fourth-order valence-electron chi connectivity index (χ4n) is 3.72. The van der Waals surface area contributed by atoms with Crippen molar-refractivity contribution in [1.29, 1.82) is 0 Å². The van der Waals surface area contributed by atoms with E-state index in [0.717, 1.165) is 50.4 Å². The van der Waals surface area contributed by atoms with Gasteiger partial charge in [0.15, 0.2) is 0 Å². The lowest BCUT2D eigenvalue weighted by molar-refractivity contribution is 0.0792. The van der Waals surface area contributed by atoms with E-state index in [9.17, 15) is 9.59 Å². The van der Waals surface area contributed by atoms with Crippen LogP contribution in [0.4, 0.5) is 11.4 Å². The number of likely N-dealkylation sites (tertiary alicyclic amines) is 1. The van der Waals surface area contributed by atoms with Crippen molar-refractivity contribution in [1.82, 2.24) is 4.90 Å². The molecule has 2 amide bonds. The summed E-state index contributed by atoms with van der Waals surface area (Å²) in [6, 6.07) is 14.7. The summed E-state index contributed by atoms with van der Waals surface area (Å²) in [5, 5.41) is 3.01. The zero-order valence-electron chi connectivity index (χ0n) is 15.9. The SMILES string of the molecule is O=C(Nc1ccccc1N1CCOCC1)c1ccc(C(=O)N2CCCC2)cc1. The third-order valence-corrected chi connectivity index (χ3v) is 5.29. The first-order valence-electron chi connectivity index (χ1n) is 9.85. The number of hydrogen-bond acceptors (Lipinski definition) is 4. The zero-order chi connectivity index (χ0) is 19.3. The quantitative estimate of drug-likeness (QED) is 0.887. The predicted octanol–water partition coefficient (Wildman–Crippen LogP) is 3.01. The molecule has 2 aromatic rings. The number of carbonyl (C=O) groups excluding carboxylic acids is 2. The van der Waals surface area contributed by atoms with Crippen molar-refractivity contribution in [2.45, 2.75) is 12.8 Å². The van der Waals surface area contributed by atoms with E-state index in [1.165, 1.54) is 0 Å². The van der Waals surface area contributed by atoms with E-state index in [4.69, 9.17) is 4.74 Å². The molecule has 2 aromatic carbocycles. The maximum absolute atomic E-state index is 12.7. The maximum atomic E-state index is 12.7. The van der Waals surface area contributed by atoms with Gasteiger partial charge in [0.1, 0.15) is 0 Å². The lowest BCUT2D eigenvalue weighted by Crippen LogP contribution is -2.36. The predicted molar refractivity (Wildman–Crippen MR) is 109 cm³/mol.